The van der Waals surface area contributed by atoms with E-state index in [2.05, 4.69) is 39.4 Å². The van der Waals surface area contributed by atoms with Crippen LogP contribution in [0.15, 0.2) is 17.8 Å². The summed E-state index contributed by atoms with van der Waals surface area (Å²) >= 11 is 1.69. The molecule has 2 heterocycles. The van der Waals surface area contributed by atoms with E-state index in [0.29, 0.717) is 0 Å². The number of aromatic nitrogens is 2. The molecule has 0 saturated heterocycles. The van der Waals surface area contributed by atoms with Crippen LogP contribution in [0.5, 0.6) is 0 Å². The molecule has 14 heavy (non-hydrogen) atoms. The molecule has 0 saturated carbocycles. The summed E-state index contributed by atoms with van der Waals surface area (Å²) in [6, 6.07) is 0. The monoisotopic (exact) mass is 209 g/mol. The van der Waals surface area contributed by atoms with Crippen LogP contribution < -0.4 is 5.32 Å². The first kappa shape index (κ1) is 9.68. The van der Waals surface area contributed by atoms with Gasteiger partial charge in [-0.25, -0.2) is 4.98 Å². The number of rotatable bonds is 5. The number of aryl methyl sites for hydroxylation is 1. The van der Waals surface area contributed by atoms with Gasteiger partial charge < -0.3 is 5.32 Å². The van der Waals surface area contributed by atoms with Crippen LogP contribution in [0, 0.1) is 0 Å². The molecule has 0 aliphatic carbocycles. The average Bonchev–Trinajstić information content (AvgIpc) is 2.72. The smallest absolute Gasteiger partial charge is 0.193 e. The van der Waals surface area contributed by atoms with Gasteiger partial charge in [-0.1, -0.05) is 6.92 Å². The van der Waals surface area contributed by atoms with Gasteiger partial charge in [-0.15, -0.1) is 11.3 Å². The van der Waals surface area contributed by atoms with E-state index >= 15 is 0 Å². The SMILES string of the molecule is CCNCCCc1cn2ccsc2n1. The van der Waals surface area contributed by atoms with Gasteiger partial charge in [0.05, 0.1) is 5.69 Å². The fourth-order valence-corrected chi connectivity index (χ4v) is 2.19. The molecule has 0 aliphatic heterocycles. The summed E-state index contributed by atoms with van der Waals surface area (Å²) in [4.78, 5) is 5.62. The summed E-state index contributed by atoms with van der Waals surface area (Å²) in [7, 11) is 0. The Bertz CT molecular complexity index is 362. The van der Waals surface area contributed by atoms with Crippen LogP contribution >= 0.6 is 11.3 Å². The molecule has 0 fully saturated rings. The number of hydrogen-bond acceptors (Lipinski definition) is 3. The number of hydrogen-bond donors (Lipinski definition) is 1. The standard InChI is InChI=1S/C10H15N3S/c1-2-11-5-3-4-9-8-13-6-7-14-10(13)12-9/h6-8,11H,2-5H2,1H3. The van der Waals surface area contributed by atoms with Crippen LogP contribution in [-0.4, -0.2) is 22.5 Å². The summed E-state index contributed by atoms with van der Waals surface area (Å²) in [6.07, 6.45) is 6.42. The molecule has 0 aromatic carbocycles. The normalized spacial score (nSPS) is 11.2. The maximum absolute atomic E-state index is 4.52. The maximum Gasteiger partial charge on any atom is 0.193 e. The average molecular weight is 209 g/mol. The van der Waals surface area contributed by atoms with Crippen molar-refractivity contribution >= 4 is 16.3 Å². The molecule has 2 rings (SSSR count). The molecule has 76 valence electrons. The van der Waals surface area contributed by atoms with Crippen LogP contribution in [0.3, 0.4) is 0 Å². The first-order valence-electron chi connectivity index (χ1n) is 5.02. The van der Waals surface area contributed by atoms with Gasteiger partial charge >= 0.3 is 0 Å². The number of nitrogens with zero attached hydrogens (tertiary/aromatic N) is 2. The van der Waals surface area contributed by atoms with E-state index in [-0.39, 0.29) is 0 Å². The molecule has 0 bridgehead atoms. The van der Waals surface area contributed by atoms with Crippen LogP contribution in [0.2, 0.25) is 0 Å². The lowest BCUT2D eigenvalue weighted by Crippen LogP contribution is -2.14. The number of nitrogens with one attached hydrogen (secondary N) is 1. The molecular weight excluding hydrogens is 194 g/mol. The van der Waals surface area contributed by atoms with E-state index in [1.54, 1.807) is 11.3 Å². The van der Waals surface area contributed by atoms with Gasteiger partial charge in [0, 0.05) is 17.8 Å². The van der Waals surface area contributed by atoms with Crippen molar-refractivity contribution in [2.24, 2.45) is 0 Å². The molecule has 0 aliphatic rings. The van der Waals surface area contributed by atoms with Crippen LogP contribution in [-0.2, 0) is 6.42 Å². The van der Waals surface area contributed by atoms with E-state index in [0.717, 1.165) is 24.5 Å². The summed E-state index contributed by atoms with van der Waals surface area (Å²) in [5.74, 6) is 0. The highest BCUT2D eigenvalue weighted by Gasteiger charge is 2.01. The lowest BCUT2D eigenvalue weighted by atomic mass is 10.2. The molecular formula is C10H15N3S. The van der Waals surface area contributed by atoms with Crippen molar-refractivity contribution in [2.45, 2.75) is 19.8 Å². The highest BCUT2D eigenvalue weighted by atomic mass is 32.1. The van der Waals surface area contributed by atoms with Crippen molar-refractivity contribution in [1.82, 2.24) is 14.7 Å². The second-order valence-electron chi connectivity index (χ2n) is 3.28. The second-order valence-corrected chi connectivity index (χ2v) is 4.16. The fourth-order valence-electron chi connectivity index (χ4n) is 1.47. The topological polar surface area (TPSA) is 29.3 Å². The largest absolute Gasteiger partial charge is 0.317 e. The van der Waals surface area contributed by atoms with Gasteiger partial charge in [-0.2, -0.15) is 0 Å². The Morgan fingerprint density at radius 3 is 3.29 bits per heavy atom. The molecule has 0 spiro atoms. The molecule has 3 nitrogen and oxygen atoms in total. The van der Waals surface area contributed by atoms with Crippen molar-refractivity contribution in [1.29, 1.82) is 0 Å². The Labute approximate surface area is 87.8 Å². The highest BCUT2D eigenvalue weighted by Crippen LogP contribution is 2.12. The molecule has 1 N–H and O–H groups in total. The number of fused-ring (bicyclic) bond motifs is 1. The summed E-state index contributed by atoms with van der Waals surface area (Å²) in [6.45, 7) is 4.27. The Hall–Kier alpha value is -0.870. The minimum Gasteiger partial charge on any atom is -0.317 e. The van der Waals surface area contributed by atoms with E-state index in [9.17, 15) is 0 Å². The summed E-state index contributed by atoms with van der Waals surface area (Å²) in [5, 5.41) is 5.37. The molecule has 0 atom stereocenters. The molecule has 2 aromatic rings. The number of imidazole rings is 1. The summed E-state index contributed by atoms with van der Waals surface area (Å²) < 4.78 is 2.09. The maximum atomic E-state index is 4.52. The third-order valence-electron chi connectivity index (χ3n) is 2.18. The van der Waals surface area contributed by atoms with E-state index in [4.69, 9.17) is 0 Å². The van der Waals surface area contributed by atoms with Gasteiger partial charge in [0.15, 0.2) is 4.96 Å². The predicted molar refractivity (Wildman–Crippen MR) is 59.9 cm³/mol. The van der Waals surface area contributed by atoms with Crippen molar-refractivity contribution < 1.29 is 0 Å². The first-order chi connectivity index (χ1) is 6.90. The van der Waals surface area contributed by atoms with Gasteiger partial charge in [-0.3, -0.25) is 4.40 Å². The fraction of sp³-hybridized carbons (Fsp3) is 0.500. The minimum atomic E-state index is 1.05. The van der Waals surface area contributed by atoms with Gasteiger partial charge in [0.2, 0.25) is 0 Å². The quantitative estimate of drug-likeness (QED) is 0.763. The first-order valence-corrected chi connectivity index (χ1v) is 5.90. The highest BCUT2D eigenvalue weighted by molar-refractivity contribution is 7.15. The number of thiazole rings is 1. The van der Waals surface area contributed by atoms with Crippen molar-refractivity contribution in [3.8, 4) is 0 Å². The van der Waals surface area contributed by atoms with Gasteiger partial charge in [0.25, 0.3) is 0 Å². The van der Waals surface area contributed by atoms with Crippen molar-refractivity contribution in [3.63, 3.8) is 0 Å². The minimum absolute atomic E-state index is 1.05. The zero-order chi connectivity index (χ0) is 9.80. The Morgan fingerprint density at radius 2 is 2.50 bits per heavy atom. The van der Waals surface area contributed by atoms with Crippen LogP contribution in [0.25, 0.3) is 4.96 Å². The van der Waals surface area contributed by atoms with Gasteiger partial charge in [-0.05, 0) is 25.9 Å². The van der Waals surface area contributed by atoms with Crippen LogP contribution in [0.4, 0.5) is 0 Å². The zero-order valence-electron chi connectivity index (χ0n) is 8.36. The summed E-state index contributed by atoms with van der Waals surface area (Å²) in [5.41, 5.74) is 1.20. The molecule has 0 unspecified atom stereocenters. The molecule has 0 radical (unpaired) electrons. The Morgan fingerprint density at radius 1 is 1.57 bits per heavy atom. The lowest BCUT2D eigenvalue weighted by Gasteiger charge is -1.98. The van der Waals surface area contributed by atoms with E-state index in [1.807, 2.05) is 0 Å². The van der Waals surface area contributed by atoms with Crippen molar-refractivity contribution in [2.75, 3.05) is 13.1 Å². The Kier molecular flexibility index (Phi) is 3.16. The lowest BCUT2D eigenvalue weighted by molar-refractivity contribution is 0.668. The van der Waals surface area contributed by atoms with Gasteiger partial charge in [0.1, 0.15) is 0 Å². The van der Waals surface area contributed by atoms with E-state index in [1.165, 1.54) is 12.1 Å². The molecule has 0 amide bonds. The third kappa shape index (κ3) is 2.13. The zero-order valence-corrected chi connectivity index (χ0v) is 9.18. The van der Waals surface area contributed by atoms with Crippen LogP contribution in [0.1, 0.15) is 19.0 Å². The molecule has 2 aromatic heterocycles. The molecule has 4 heteroatoms. The Balaban J connectivity index is 1.89. The second kappa shape index (κ2) is 4.57. The predicted octanol–water partition coefficient (Wildman–Crippen LogP) is 1.94. The third-order valence-corrected chi connectivity index (χ3v) is 2.95. The van der Waals surface area contributed by atoms with Crippen molar-refractivity contribution in [3.05, 3.63) is 23.5 Å². The van der Waals surface area contributed by atoms with E-state index < -0.39 is 0 Å².